The SMILES string of the molecule is CCOC(=O)c1cnc2c(C)cc(OC)cc2c1NC. The average Bonchev–Trinajstić information content (AvgIpc) is 2.45. The van der Waals surface area contributed by atoms with Gasteiger partial charge < -0.3 is 14.8 Å². The van der Waals surface area contributed by atoms with Crippen LogP contribution in [0, 0.1) is 6.92 Å². The highest BCUT2D eigenvalue weighted by Crippen LogP contribution is 2.31. The normalized spacial score (nSPS) is 10.4. The summed E-state index contributed by atoms with van der Waals surface area (Å²) in [6, 6.07) is 3.78. The van der Waals surface area contributed by atoms with Crippen molar-refractivity contribution in [2.45, 2.75) is 13.8 Å². The molecule has 2 aromatic rings. The Morgan fingerprint density at radius 1 is 1.40 bits per heavy atom. The van der Waals surface area contributed by atoms with E-state index < -0.39 is 0 Å². The molecule has 0 aliphatic carbocycles. The van der Waals surface area contributed by atoms with Crippen molar-refractivity contribution in [3.63, 3.8) is 0 Å². The number of pyridine rings is 1. The molecule has 0 spiro atoms. The molecule has 20 heavy (non-hydrogen) atoms. The fourth-order valence-corrected chi connectivity index (χ4v) is 2.20. The number of nitrogens with zero attached hydrogens (tertiary/aromatic N) is 1. The average molecular weight is 274 g/mol. The fraction of sp³-hybridized carbons (Fsp3) is 0.333. The van der Waals surface area contributed by atoms with Crippen molar-refractivity contribution in [1.82, 2.24) is 4.98 Å². The van der Waals surface area contributed by atoms with Crippen LogP contribution >= 0.6 is 0 Å². The molecule has 1 aromatic heterocycles. The molecular formula is C15H18N2O3. The molecular weight excluding hydrogens is 256 g/mol. The lowest BCUT2D eigenvalue weighted by atomic mass is 10.1. The number of fused-ring (bicyclic) bond motifs is 1. The van der Waals surface area contributed by atoms with Gasteiger partial charge in [0.05, 0.1) is 24.9 Å². The zero-order valence-corrected chi connectivity index (χ0v) is 12.1. The third-order valence-electron chi connectivity index (χ3n) is 3.12. The molecule has 106 valence electrons. The summed E-state index contributed by atoms with van der Waals surface area (Å²) in [6.07, 6.45) is 1.55. The number of hydrogen-bond acceptors (Lipinski definition) is 5. The molecule has 0 saturated carbocycles. The molecule has 1 aromatic carbocycles. The van der Waals surface area contributed by atoms with Crippen LogP contribution < -0.4 is 10.1 Å². The summed E-state index contributed by atoms with van der Waals surface area (Å²) in [5.41, 5.74) is 2.96. The Kier molecular flexibility index (Phi) is 4.08. The highest BCUT2D eigenvalue weighted by molar-refractivity contribution is 6.05. The maximum absolute atomic E-state index is 12.0. The molecule has 0 unspecified atom stereocenters. The first-order valence-corrected chi connectivity index (χ1v) is 6.44. The first-order valence-electron chi connectivity index (χ1n) is 6.44. The molecule has 0 radical (unpaired) electrons. The van der Waals surface area contributed by atoms with E-state index >= 15 is 0 Å². The van der Waals surface area contributed by atoms with Crippen LogP contribution in [-0.4, -0.2) is 31.7 Å². The van der Waals surface area contributed by atoms with Gasteiger partial charge in [0.1, 0.15) is 11.3 Å². The van der Waals surface area contributed by atoms with E-state index in [2.05, 4.69) is 10.3 Å². The van der Waals surface area contributed by atoms with Gasteiger partial charge >= 0.3 is 5.97 Å². The second kappa shape index (κ2) is 5.77. The maximum atomic E-state index is 12.0. The van der Waals surface area contributed by atoms with Crippen LogP contribution in [0.15, 0.2) is 18.3 Å². The van der Waals surface area contributed by atoms with Gasteiger partial charge in [0, 0.05) is 18.6 Å². The summed E-state index contributed by atoms with van der Waals surface area (Å²) < 4.78 is 10.3. The van der Waals surface area contributed by atoms with Crippen molar-refractivity contribution in [2.75, 3.05) is 26.1 Å². The number of carbonyl (C=O) groups excluding carboxylic acids is 1. The first kappa shape index (κ1) is 14.1. The molecule has 0 aliphatic heterocycles. The monoisotopic (exact) mass is 274 g/mol. The molecule has 5 heteroatoms. The second-order valence-electron chi connectivity index (χ2n) is 4.36. The largest absolute Gasteiger partial charge is 0.497 e. The molecule has 2 rings (SSSR count). The van der Waals surface area contributed by atoms with Crippen LogP contribution in [0.1, 0.15) is 22.8 Å². The van der Waals surface area contributed by atoms with E-state index in [0.717, 1.165) is 22.2 Å². The van der Waals surface area contributed by atoms with Crippen LogP contribution in [-0.2, 0) is 4.74 Å². The standard InChI is InChI=1S/C15H18N2O3/c1-5-20-15(18)12-8-17-13-9(2)6-10(19-4)7-11(13)14(12)16-3/h6-8H,5H2,1-4H3,(H,16,17). The number of ether oxygens (including phenoxy) is 2. The van der Waals surface area contributed by atoms with Crippen molar-refractivity contribution < 1.29 is 14.3 Å². The highest BCUT2D eigenvalue weighted by atomic mass is 16.5. The zero-order valence-electron chi connectivity index (χ0n) is 12.1. The number of esters is 1. The van der Waals surface area contributed by atoms with E-state index in [1.807, 2.05) is 19.1 Å². The lowest BCUT2D eigenvalue weighted by Gasteiger charge is -2.13. The van der Waals surface area contributed by atoms with Gasteiger partial charge in [-0.1, -0.05) is 0 Å². The minimum Gasteiger partial charge on any atom is -0.497 e. The number of hydrogen-bond donors (Lipinski definition) is 1. The van der Waals surface area contributed by atoms with Gasteiger partial charge in [0.2, 0.25) is 0 Å². The Bertz CT molecular complexity index is 653. The van der Waals surface area contributed by atoms with Crippen LogP contribution in [0.3, 0.4) is 0 Å². The Labute approximate surface area is 117 Å². The molecule has 0 aliphatic rings. The minimum atomic E-state index is -0.383. The van der Waals surface area contributed by atoms with Crippen molar-refractivity contribution in [2.24, 2.45) is 0 Å². The molecule has 5 nitrogen and oxygen atoms in total. The van der Waals surface area contributed by atoms with E-state index in [-0.39, 0.29) is 5.97 Å². The number of nitrogens with one attached hydrogen (secondary N) is 1. The van der Waals surface area contributed by atoms with E-state index in [1.54, 1.807) is 27.3 Å². The highest BCUT2D eigenvalue weighted by Gasteiger charge is 2.17. The lowest BCUT2D eigenvalue weighted by molar-refractivity contribution is 0.0527. The van der Waals surface area contributed by atoms with Gasteiger partial charge in [-0.25, -0.2) is 4.79 Å². The molecule has 0 saturated heterocycles. The molecule has 0 bridgehead atoms. The van der Waals surface area contributed by atoms with E-state index in [0.29, 0.717) is 17.9 Å². The molecule has 1 N–H and O–H groups in total. The predicted molar refractivity (Wildman–Crippen MR) is 78.5 cm³/mol. The number of carbonyl (C=O) groups is 1. The van der Waals surface area contributed by atoms with Crippen LogP contribution in [0.4, 0.5) is 5.69 Å². The molecule has 0 fully saturated rings. The van der Waals surface area contributed by atoms with Crippen molar-refractivity contribution in [3.8, 4) is 5.75 Å². The Morgan fingerprint density at radius 2 is 2.15 bits per heavy atom. The topological polar surface area (TPSA) is 60.5 Å². The van der Waals surface area contributed by atoms with Gasteiger partial charge in [-0.15, -0.1) is 0 Å². The quantitative estimate of drug-likeness (QED) is 0.869. The Morgan fingerprint density at radius 3 is 2.75 bits per heavy atom. The van der Waals surface area contributed by atoms with Gasteiger partial charge in [-0.05, 0) is 31.5 Å². The van der Waals surface area contributed by atoms with Gasteiger partial charge in [0.15, 0.2) is 0 Å². The summed E-state index contributed by atoms with van der Waals surface area (Å²) in [7, 11) is 3.38. The van der Waals surface area contributed by atoms with Crippen LogP contribution in [0.25, 0.3) is 10.9 Å². The number of anilines is 1. The van der Waals surface area contributed by atoms with Crippen molar-refractivity contribution >= 4 is 22.6 Å². The second-order valence-corrected chi connectivity index (χ2v) is 4.36. The number of aryl methyl sites for hydroxylation is 1. The lowest BCUT2D eigenvalue weighted by Crippen LogP contribution is -2.09. The van der Waals surface area contributed by atoms with E-state index in [1.165, 1.54) is 0 Å². The van der Waals surface area contributed by atoms with Crippen LogP contribution in [0.2, 0.25) is 0 Å². The molecule has 0 atom stereocenters. The number of methoxy groups -OCH3 is 1. The number of benzene rings is 1. The third kappa shape index (κ3) is 2.39. The smallest absolute Gasteiger partial charge is 0.341 e. The summed E-state index contributed by atoms with van der Waals surface area (Å²) in [4.78, 5) is 16.3. The molecule has 0 amide bonds. The summed E-state index contributed by atoms with van der Waals surface area (Å²) in [5.74, 6) is 0.348. The van der Waals surface area contributed by atoms with E-state index in [9.17, 15) is 4.79 Å². The van der Waals surface area contributed by atoms with Gasteiger partial charge in [0.25, 0.3) is 0 Å². The minimum absolute atomic E-state index is 0.331. The third-order valence-corrected chi connectivity index (χ3v) is 3.12. The van der Waals surface area contributed by atoms with Gasteiger partial charge in [-0.2, -0.15) is 0 Å². The van der Waals surface area contributed by atoms with Crippen molar-refractivity contribution in [1.29, 1.82) is 0 Å². The molecule has 1 heterocycles. The first-order chi connectivity index (χ1) is 9.62. The Hall–Kier alpha value is -2.30. The maximum Gasteiger partial charge on any atom is 0.341 e. The fourth-order valence-electron chi connectivity index (χ4n) is 2.20. The van der Waals surface area contributed by atoms with Crippen LogP contribution in [0.5, 0.6) is 5.75 Å². The van der Waals surface area contributed by atoms with E-state index in [4.69, 9.17) is 9.47 Å². The summed E-state index contributed by atoms with van der Waals surface area (Å²) in [5, 5.41) is 3.90. The Balaban J connectivity index is 2.71. The zero-order chi connectivity index (χ0) is 14.7. The van der Waals surface area contributed by atoms with Crippen molar-refractivity contribution in [3.05, 3.63) is 29.5 Å². The predicted octanol–water partition coefficient (Wildman–Crippen LogP) is 2.77. The number of aromatic nitrogens is 1. The number of rotatable bonds is 4. The van der Waals surface area contributed by atoms with Gasteiger partial charge in [-0.3, -0.25) is 4.98 Å². The summed E-state index contributed by atoms with van der Waals surface area (Å²) in [6.45, 7) is 4.07. The summed E-state index contributed by atoms with van der Waals surface area (Å²) >= 11 is 0.